The third kappa shape index (κ3) is 3.48. The zero-order valence-electron chi connectivity index (χ0n) is 12.7. The van der Waals surface area contributed by atoms with Crippen LogP contribution >= 0.6 is 11.3 Å². The lowest BCUT2D eigenvalue weighted by Crippen LogP contribution is -2.13. The molecule has 0 amide bonds. The van der Waals surface area contributed by atoms with Crippen LogP contribution in [0.25, 0.3) is 0 Å². The summed E-state index contributed by atoms with van der Waals surface area (Å²) in [6, 6.07) is 6.35. The van der Waals surface area contributed by atoms with Crippen LogP contribution in [-0.2, 0) is 12.0 Å². The maximum absolute atomic E-state index is 5.97. The molecule has 0 saturated carbocycles. The Morgan fingerprint density at radius 1 is 1.25 bits per heavy atom. The third-order valence-electron chi connectivity index (χ3n) is 2.98. The maximum atomic E-state index is 5.97. The molecule has 0 radical (unpaired) electrons. The minimum atomic E-state index is 0.0558. The summed E-state index contributed by atoms with van der Waals surface area (Å²) >= 11 is 1.51. The Bertz CT molecular complexity index is 587. The minimum Gasteiger partial charge on any atom is -0.486 e. The number of nitrogens with one attached hydrogen (secondary N) is 1. The molecule has 1 aromatic heterocycles. The van der Waals surface area contributed by atoms with Gasteiger partial charge < -0.3 is 10.1 Å². The van der Waals surface area contributed by atoms with Gasteiger partial charge >= 0.3 is 0 Å². The van der Waals surface area contributed by atoms with Gasteiger partial charge in [0.1, 0.15) is 12.4 Å². The Labute approximate surface area is 124 Å². The molecule has 0 saturated heterocycles. The van der Waals surface area contributed by atoms with Gasteiger partial charge in [-0.25, -0.2) is 0 Å². The van der Waals surface area contributed by atoms with Crippen molar-refractivity contribution in [3.63, 3.8) is 0 Å². The van der Waals surface area contributed by atoms with E-state index in [1.807, 2.05) is 7.05 Å². The molecule has 0 atom stereocenters. The molecule has 1 heterocycles. The van der Waals surface area contributed by atoms with Gasteiger partial charge in [0.05, 0.1) is 0 Å². The van der Waals surface area contributed by atoms with Gasteiger partial charge in [-0.05, 0) is 29.5 Å². The van der Waals surface area contributed by atoms with Crippen LogP contribution in [0.4, 0.5) is 5.13 Å². The van der Waals surface area contributed by atoms with E-state index in [0.29, 0.717) is 6.61 Å². The Morgan fingerprint density at radius 2 is 2.00 bits per heavy atom. The minimum absolute atomic E-state index is 0.0558. The quantitative estimate of drug-likeness (QED) is 0.931. The molecule has 2 aromatic rings. The van der Waals surface area contributed by atoms with Crippen LogP contribution in [0.3, 0.4) is 0 Å². The zero-order valence-corrected chi connectivity index (χ0v) is 13.5. The molecule has 0 bridgehead atoms. The van der Waals surface area contributed by atoms with Crippen LogP contribution in [0.15, 0.2) is 18.2 Å². The first kappa shape index (κ1) is 14.8. The predicted octanol–water partition coefficient (Wildman–Crippen LogP) is 3.76. The van der Waals surface area contributed by atoms with E-state index in [-0.39, 0.29) is 5.41 Å². The summed E-state index contributed by atoms with van der Waals surface area (Å²) in [6.45, 7) is 9.09. The number of ether oxygens (including phenoxy) is 1. The van der Waals surface area contributed by atoms with Gasteiger partial charge in [-0.15, -0.1) is 10.2 Å². The van der Waals surface area contributed by atoms with Gasteiger partial charge in [0.2, 0.25) is 5.13 Å². The van der Waals surface area contributed by atoms with E-state index in [1.54, 1.807) is 0 Å². The fraction of sp³-hybridized carbons (Fsp3) is 0.467. The standard InChI is InChI=1S/C15H21N3OS/c1-10-6-7-11(15(2,3)4)12(8-10)19-9-13-17-18-14(16-5)20-13/h6-8H,9H2,1-5H3,(H,16,18). The predicted molar refractivity (Wildman–Crippen MR) is 83.7 cm³/mol. The second-order valence-corrected chi connectivity index (χ2v) is 6.85. The van der Waals surface area contributed by atoms with Crippen molar-refractivity contribution in [2.75, 3.05) is 12.4 Å². The molecule has 4 nitrogen and oxygen atoms in total. The summed E-state index contributed by atoms with van der Waals surface area (Å²) in [4.78, 5) is 0. The van der Waals surface area contributed by atoms with Gasteiger partial charge in [0, 0.05) is 7.05 Å². The number of aromatic nitrogens is 2. The SMILES string of the molecule is CNc1nnc(COc2cc(C)ccc2C(C)(C)C)s1. The second-order valence-electron chi connectivity index (χ2n) is 5.79. The highest BCUT2D eigenvalue weighted by Gasteiger charge is 2.19. The number of aryl methyl sites for hydroxylation is 1. The molecule has 0 aliphatic rings. The lowest BCUT2D eigenvalue weighted by Gasteiger charge is -2.23. The van der Waals surface area contributed by atoms with Crippen LogP contribution in [0, 0.1) is 6.92 Å². The molecule has 0 unspecified atom stereocenters. The van der Waals surface area contributed by atoms with Crippen molar-refractivity contribution >= 4 is 16.5 Å². The van der Waals surface area contributed by atoms with Crippen molar-refractivity contribution < 1.29 is 4.74 Å². The average Bonchev–Trinajstić information content (AvgIpc) is 2.83. The largest absolute Gasteiger partial charge is 0.486 e. The van der Waals surface area contributed by atoms with E-state index in [2.05, 4.69) is 61.4 Å². The third-order valence-corrected chi connectivity index (χ3v) is 3.89. The molecule has 5 heteroatoms. The van der Waals surface area contributed by atoms with Crippen molar-refractivity contribution in [1.29, 1.82) is 0 Å². The highest BCUT2D eigenvalue weighted by Crippen LogP contribution is 2.32. The summed E-state index contributed by atoms with van der Waals surface area (Å²) in [5.41, 5.74) is 2.46. The normalized spacial score (nSPS) is 11.4. The van der Waals surface area contributed by atoms with Crippen molar-refractivity contribution in [3.8, 4) is 5.75 Å². The summed E-state index contributed by atoms with van der Waals surface area (Å²) in [7, 11) is 1.84. The zero-order chi connectivity index (χ0) is 14.8. The molecular formula is C15H21N3OS. The van der Waals surface area contributed by atoms with E-state index < -0.39 is 0 Å². The summed E-state index contributed by atoms with van der Waals surface area (Å²) in [6.07, 6.45) is 0. The summed E-state index contributed by atoms with van der Waals surface area (Å²) < 4.78 is 5.97. The smallest absolute Gasteiger partial charge is 0.205 e. The number of hydrogen-bond donors (Lipinski definition) is 1. The summed E-state index contributed by atoms with van der Waals surface area (Å²) in [5, 5.41) is 12.8. The van der Waals surface area contributed by atoms with Crippen LogP contribution in [-0.4, -0.2) is 17.2 Å². The van der Waals surface area contributed by atoms with Crippen molar-refractivity contribution in [2.24, 2.45) is 0 Å². The lowest BCUT2D eigenvalue weighted by molar-refractivity contribution is 0.296. The van der Waals surface area contributed by atoms with Crippen LogP contribution in [0.2, 0.25) is 0 Å². The molecule has 0 spiro atoms. The highest BCUT2D eigenvalue weighted by molar-refractivity contribution is 7.15. The molecule has 108 valence electrons. The number of hydrogen-bond acceptors (Lipinski definition) is 5. The van der Waals surface area contributed by atoms with Crippen molar-refractivity contribution in [1.82, 2.24) is 10.2 Å². The first-order valence-corrected chi connectivity index (χ1v) is 7.46. The number of rotatable bonds is 4. The number of benzene rings is 1. The van der Waals surface area contributed by atoms with Gasteiger partial charge in [0.15, 0.2) is 5.01 Å². The van der Waals surface area contributed by atoms with Crippen LogP contribution in [0.5, 0.6) is 5.75 Å². The molecular weight excluding hydrogens is 270 g/mol. The van der Waals surface area contributed by atoms with E-state index in [9.17, 15) is 0 Å². The van der Waals surface area contributed by atoms with Crippen molar-refractivity contribution in [2.45, 2.75) is 39.7 Å². The maximum Gasteiger partial charge on any atom is 0.205 e. The van der Waals surface area contributed by atoms with Gasteiger partial charge in [-0.2, -0.15) is 0 Å². The van der Waals surface area contributed by atoms with Crippen LogP contribution in [0.1, 0.15) is 36.9 Å². The van der Waals surface area contributed by atoms with Crippen LogP contribution < -0.4 is 10.1 Å². The monoisotopic (exact) mass is 291 g/mol. The van der Waals surface area contributed by atoms with E-state index in [0.717, 1.165) is 15.9 Å². The summed E-state index contributed by atoms with van der Waals surface area (Å²) in [5.74, 6) is 0.929. The molecule has 20 heavy (non-hydrogen) atoms. The first-order chi connectivity index (χ1) is 9.40. The highest BCUT2D eigenvalue weighted by atomic mass is 32.1. The van der Waals surface area contributed by atoms with E-state index in [4.69, 9.17) is 4.74 Å². The Morgan fingerprint density at radius 3 is 2.60 bits per heavy atom. The molecule has 1 aromatic carbocycles. The molecule has 0 aliphatic carbocycles. The Kier molecular flexibility index (Phi) is 4.28. The molecule has 0 fully saturated rings. The Balaban J connectivity index is 2.18. The Hall–Kier alpha value is -1.62. The van der Waals surface area contributed by atoms with E-state index in [1.165, 1.54) is 22.5 Å². The molecule has 2 rings (SSSR count). The van der Waals surface area contributed by atoms with Crippen molar-refractivity contribution in [3.05, 3.63) is 34.3 Å². The van der Waals surface area contributed by atoms with E-state index >= 15 is 0 Å². The first-order valence-electron chi connectivity index (χ1n) is 6.64. The van der Waals surface area contributed by atoms with Gasteiger partial charge in [-0.1, -0.05) is 44.2 Å². The number of anilines is 1. The fourth-order valence-electron chi connectivity index (χ4n) is 1.92. The topological polar surface area (TPSA) is 47.0 Å². The molecule has 1 N–H and O–H groups in total. The average molecular weight is 291 g/mol. The lowest BCUT2D eigenvalue weighted by atomic mass is 9.86. The van der Waals surface area contributed by atoms with Gasteiger partial charge in [0.25, 0.3) is 0 Å². The van der Waals surface area contributed by atoms with Gasteiger partial charge in [-0.3, -0.25) is 0 Å². The molecule has 0 aliphatic heterocycles. The number of nitrogens with zero attached hydrogens (tertiary/aromatic N) is 2. The fourth-order valence-corrected chi connectivity index (χ4v) is 2.53. The second kappa shape index (κ2) is 5.79.